The molecule has 0 saturated carbocycles. The molecule has 0 radical (unpaired) electrons. The van der Waals surface area contributed by atoms with E-state index in [1.807, 2.05) is 6.07 Å². The number of nitrogens with zero attached hydrogens (tertiary/aromatic N) is 2. The van der Waals surface area contributed by atoms with Crippen molar-refractivity contribution < 1.29 is 15.0 Å². The number of anilines is 1. The van der Waals surface area contributed by atoms with Crippen molar-refractivity contribution in [1.29, 1.82) is 0 Å². The molecule has 8 nitrogen and oxygen atoms in total. The highest BCUT2D eigenvalue weighted by atomic mass is 35.5. The summed E-state index contributed by atoms with van der Waals surface area (Å²) in [5.41, 5.74) is 1.08. The fourth-order valence-electron chi connectivity index (χ4n) is 5.25. The number of para-hydroxylation sites is 1. The van der Waals surface area contributed by atoms with Crippen molar-refractivity contribution in [2.24, 2.45) is 0 Å². The molecule has 4 aromatic rings. The van der Waals surface area contributed by atoms with Crippen LogP contribution in [0.25, 0.3) is 11.4 Å². The smallest absolute Gasteiger partial charge is 0.273 e. The molecular weight excluding hydrogens is 611 g/mol. The van der Waals surface area contributed by atoms with Crippen LogP contribution in [0.5, 0.6) is 11.8 Å². The van der Waals surface area contributed by atoms with Crippen molar-refractivity contribution in [3.05, 3.63) is 85.1 Å². The van der Waals surface area contributed by atoms with Crippen LogP contribution in [0, 0.1) is 0 Å². The van der Waals surface area contributed by atoms with Gasteiger partial charge >= 0.3 is 0 Å². The zero-order chi connectivity index (χ0) is 30.9. The summed E-state index contributed by atoms with van der Waals surface area (Å²) in [5.74, 6) is -0.847. The number of hydrogen-bond donors (Lipinski definition) is 4. The average molecular weight is 648 g/mol. The van der Waals surface area contributed by atoms with Gasteiger partial charge in [0.1, 0.15) is 11.5 Å². The van der Waals surface area contributed by atoms with Gasteiger partial charge in [-0.3, -0.25) is 19.3 Å². The van der Waals surface area contributed by atoms with E-state index in [0.717, 1.165) is 29.5 Å². The first-order chi connectivity index (χ1) is 20.7. The molecule has 230 valence electrons. The molecule has 0 unspecified atom stereocenters. The lowest BCUT2D eigenvalue weighted by Crippen LogP contribution is -2.17. The maximum atomic E-state index is 13.6. The van der Waals surface area contributed by atoms with Crippen molar-refractivity contribution >= 4 is 46.5 Å². The van der Waals surface area contributed by atoms with Gasteiger partial charge in [0, 0.05) is 23.2 Å². The Morgan fingerprint density at radius 2 is 1.40 bits per heavy atom. The van der Waals surface area contributed by atoms with Crippen LogP contribution in [0.1, 0.15) is 87.1 Å². The zero-order valence-corrected chi connectivity index (χ0v) is 26.4. The van der Waals surface area contributed by atoms with Gasteiger partial charge in [0.15, 0.2) is 11.8 Å². The third-order valence-electron chi connectivity index (χ3n) is 7.40. The Morgan fingerprint density at radius 1 is 0.814 bits per heavy atom. The second-order valence-electron chi connectivity index (χ2n) is 10.6. The monoisotopic (exact) mass is 646 g/mol. The SMILES string of the molecule is CCCCCCCCCCCCc1cccc(C(=O)Nc2cc(=O)n(-c3c(Cl)cc(Cl)cc3Cl)[nH]2)c1-n1c(O)ccc1O. The summed E-state index contributed by atoms with van der Waals surface area (Å²) in [6.45, 7) is 2.23. The van der Waals surface area contributed by atoms with E-state index in [1.165, 1.54) is 79.8 Å². The first-order valence-corrected chi connectivity index (χ1v) is 15.8. The van der Waals surface area contributed by atoms with E-state index >= 15 is 0 Å². The Hall–Kier alpha value is -3.33. The summed E-state index contributed by atoms with van der Waals surface area (Å²) in [7, 11) is 0. The summed E-state index contributed by atoms with van der Waals surface area (Å²) in [6, 6.07) is 12.1. The van der Waals surface area contributed by atoms with E-state index in [1.54, 1.807) is 12.1 Å². The summed E-state index contributed by atoms with van der Waals surface area (Å²) in [6.07, 6.45) is 12.6. The maximum Gasteiger partial charge on any atom is 0.273 e. The van der Waals surface area contributed by atoms with Crippen LogP contribution in [-0.4, -0.2) is 30.5 Å². The lowest BCUT2D eigenvalue weighted by atomic mass is 9.99. The van der Waals surface area contributed by atoms with Crippen LogP contribution >= 0.6 is 34.8 Å². The summed E-state index contributed by atoms with van der Waals surface area (Å²) < 4.78 is 2.37. The Morgan fingerprint density at radius 3 is 2.00 bits per heavy atom. The number of halogens is 3. The third-order valence-corrected chi connectivity index (χ3v) is 8.20. The topological polar surface area (TPSA) is 112 Å². The number of rotatable bonds is 15. The average Bonchev–Trinajstić information content (AvgIpc) is 3.48. The third kappa shape index (κ3) is 8.19. The van der Waals surface area contributed by atoms with E-state index in [2.05, 4.69) is 17.3 Å². The number of aryl methyl sites for hydroxylation is 1. The van der Waals surface area contributed by atoms with Crippen LogP contribution in [0.2, 0.25) is 15.1 Å². The molecule has 43 heavy (non-hydrogen) atoms. The fraction of sp³-hybridized carbons (Fsp3) is 0.375. The number of hydrogen-bond acceptors (Lipinski definition) is 4. The molecule has 2 aromatic heterocycles. The van der Waals surface area contributed by atoms with Gasteiger partial charge in [-0.25, -0.2) is 4.68 Å². The Kier molecular flexibility index (Phi) is 11.7. The van der Waals surface area contributed by atoms with E-state index in [9.17, 15) is 19.8 Å². The van der Waals surface area contributed by atoms with E-state index in [-0.39, 0.29) is 38.9 Å². The quantitative estimate of drug-likeness (QED) is 0.0965. The molecule has 0 fully saturated rings. The fourth-order valence-corrected chi connectivity index (χ4v) is 6.24. The molecule has 0 saturated heterocycles. The van der Waals surface area contributed by atoms with Gasteiger partial charge in [-0.15, -0.1) is 0 Å². The van der Waals surface area contributed by atoms with E-state index < -0.39 is 11.5 Å². The van der Waals surface area contributed by atoms with Crippen LogP contribution in [0.4, 0.5) is 5.82 Å². The number of unbranched alkanes of at least 4 members (excludes halogenated alkanes) is 9. The molecule has 2 heterocycles. The number of carbonyl (C=O) groups excluding carboxylic acids is 1. The predicted molar refractivity (Wildman–Crippen MR) is 174 cm³/mol. The van der Waals surface area contributed by atoms with Crippen LogP contribution < -0.4 is 10.9 Å². The number of carbonyl (C=O) groups is 1. The van der Waals surface area contributed by atoms with Crippen molar-refractivity contribution in [3.8, 4) is 23.1 Å². The van der Waals surface area contributed by atoms with Crippen LogP contribution in [0.15, 0.2) is 53.3 Å². The second-order valence-corrected chi connectivity index (χ2v) is 11.9. The lowest BCUT2D eigenvalue weighted by molar-refractivity contribution is 0.102. The number of H-pyrrole nitrogens is 1. The van der Waals surface area contributed by atoms with Crippen molar-refractivity contribution in [1.82, 2.24) is 14.3 Å². The second kappa shape index (κ2) is 15.4. The Labute approximate surface area is 266 Å². The maximum absolute atomic E-state index is 13.6. The summed E-state index contributed by atoms with van der Waals surface area (Å²) >= 11 is 18.6. The molecule has 2 aromatic carbocycles. The molecule has 0 aliphatic rings. The van der Waals surface area contributed by atoms with Gasteiger partial charge < -0.3 is 15.5 Å². The number of benzene rings is 2. The number of nitrogens with one attached hydrogen (secondary N) is 2. The predicted octanol–water partition coefficient (Wildman–Crippen LogP) is 9.04. The molecule has 0 aliphatic carbocycles. The minimum absolute atomic E-state index is 0.101. The van der Waals surface area contributed by atoms with Gasteiger partial charge in [-0.1, -0.05) is 112 Å². The molecule has 1 amide bonds. The Balaban J connectivity index is 1.52. The summed E-state index contributed by atoms with van der Waals surface area (Å²) in [5, 5.41) is 27.3. The molecule has 0 atom stereocenters. The standard InChI is InChI=1S/C32H37Cl3N4O4/c1-2-3-4-5-6-7-8-9-10-11-13-21-14-12-15-23(30(21)38-27(40)16-17-28(38)41)32(43)36-26-20-29(42)39(37-26)31-24(34)18-22(33)19-25(31)35/h12,14-20,37,40-41H,2-11,13H2,1H3,(H,36,43). The van der Waals surface area contributed by atoms with Crippen molar-refractivity contribution in [2.45, 2.75) is 77.6 Å². The largest absolute Gasteiger partial charge is 0.494 e. The highest BCUT2D eigenvalue weighted by Crippen LogP contribution is 2.33. The minimum atomic E-state index is -0.547. The zero-order valence-electron chi connectivity index (χ0n) is 24.1. The normalized spacial score (nSPS) is 11.3. The molecule has 4 rings (SSSR count). The highest BCUT2D eigenvalue weighted by molar-refractivity contribution is 6.40. The molecule has 11 heteroatoms. The van der Waals surface area contributed by atoms with Crippen LogP contribution in [-0.2, 0) is 6.42 Å². The minimum Gasteiger partial charge on any atom is -0.494 e. The van der Waals surface area contributed by atoms with Crippen molar-refractivity contribution in [3.63, 3.8) is 0 Å². The number of aromatic hydroxyl groups is 2. The molecule has 4 N–H and O–H groups in total. The molecule has 0 bridgehead atoms. The Bertz CT molecular complexity index is 1570. The molecule has 0 aliphatic heterocycles. The van der Waals surface area contributed by atoms with Gasteiger partial charge in [-0.05, 0) is 36.6 Å². The van der Waals surface area contributed by atoms with Gasteiger partial charge in [0.2, 0.25) is 0 Å². The van der Waals surface area contributed by atoms with E-state index in [4.69, 9.17) is 34.8 Å². The van der Waals surface area contributed by atoms with Crippen molar-refractivity contribution in [2.75, 3.05) is 5.32 Å². The number of aromatic nitrogens is 3. The number of amides is 1. The first kappa shape index (κ1) is 32.6. The van der Waals surface area contributed by atoms with Gasteiger partial charge in [0.05, 0.1) is 21.3 Å². The summed E-state index contributed by atoms with van der Waals surface area (Å²) in [4.78, 5) is 26.4. The van der Waals surface area contributed by atoms with Gasteiger partial charge in [-0.2, -0.15) is 0 Å². The van der Waals surface area contributed by atoms with Gasteiger partial charge in [0.25, 0.3) is 11.5 Å². The highest BCUT2D eigenvalue weighted by Gasteiger charge is 2.22. The number of aromatic amines is 1. The van der Waals surface area contributed by atoms with E-state index in [0.29, 0.717) is 17.1 Å². The first-order valence-electron chi connectivity index (χ1n) is 14.7. The van der Waals surface area contributed by atoms with Crippen LogP contribution in [0.3, 0.4) is 0 Å². The lowest BCUT2D eigenvalue weighted by Gasteiger charge is -2.17. The molecular formula is C32H37Cl3N4O4. The molecule has 0 spiro atoms.